The number of aliphatic hydroxyl groups excluding tert-OH is 3. The second-order valence-electron chi connectivity index (χ2n) is 34.5. The van der Waals surface area contributed by atoms with E-state index in [1.807, 2.05) is 103 Å². The van der Waals surface area contributed by atoms with Gasteiger partial charge in [-0.25, -0.2) is 41.4 Å². The van der Waals surface area contributed by atoms with Gasteiger partial charge < -0.3 is 55.2 Å². The Hall–Kier alpha value is -18.5. The molecule has 1 fully saturated rings. The lowest BCUT2D eigenvalue weighted by atomic mass is 9.78. The molecule has 0 saturated carbocycles. The van der Waals surface area contributed by atoms with Crippen LogP contribution in [0.1, 0.15) is 122 Å². The van der Waals surface area contributed by atoms with Crippen molar-refractivity contribution < 1.29 is 64.4 Å². The Labute approximate surface area is 852 Å². The first-order valence-electron chi connectivity index (χ1n) is 47.4. The lowest BCUT2D eigenvalue weighted by molar-refractivity contribution is 0.0702. The van der Waals surface area contributed by atoms with Gasteiger partial charge >= 0.3 is 0 Å². The summed E-state index contributed by atoms with van der Waals surface area (Å²) < 4.78 is 8.45. The summed E-state index contributed by atoms with van der Waals surface area (Å²) in [7, 11) is 1.50. The molecule has 150 heavy (non-hydrogen) atoms. The van der Waals surface area contributed by atoms with Crippen LogP contribution in [-0.4, -0.2) is 186 Å². The number of nitrogens with one attached hydrogen (secondary N) is 7. The first-order valence-corrected chi connectivity index (χ1v) is 47.4. The minimum atomic E-state index is -0.686. The number of ether oxygens (including phenoxy) is 1. The summed E-state index contributed by atoms with van der Waals surface area (Å²) in [4.78, 5) is 192. The van der Waals surface area contributed by atoms with Crippen LogP contribution in [-0.2, 0) is 32.5 Å². The second-order valence-corrected chi connectivity index (χ2v) is 34.5. The molecule has 1 atom stereocenters. The van der Waals surface area contributed by atoms with E-state index in [0.717, 1.165) is 73.1 Å². The Morgan fingerprint density at radius 2 is 0.893 bits per heavy atom. The number of aromatic nitrogens is 14. The van der Waals surface area contributed by atoms with E-state index in [1.54, 1.807) is 130 Å². The number of Topliss-reactive ketones (excluding diaryl/α,β-unsaturated/α-hetero) is 3. The average Bonchev–Trinajstić information content (AvgIpc) is 0.787. The average molecular weight is 2020 g/mol. The van der Waals surface area contributed by atoms with E-state index in [4.69, 9.17) is 41.4 Å². The minimum Gasteiger partial charge on any atom is -0.496 e. The number of H-pyrrole nitrogens is 4. The number of rotatable bonds is 26. The molecular formula is C112H101N19O19. The van der Waals surface area contributed by atoms with Gasteiger partial charge in [0.2, 0.25) is 0 Å². The predicted octanol–water partition coefficient (Wildman–Crippen LogP) is 12.0. The van der Waals surface area contributed by atoms with E-state index in [9.17, 15) is 57.5 Å². The number of hydroxylamine groups is 3. The Bertz CT molecular complexity index is 8550. The zero-order valence-electron chi connectivity index (χ0n) is 80.9. The number of likely N-dealkylation sites (tertiary alicyclic amines) is 1. The number of hydrogen-bond donors (Lipinski definition) is 14. The summed E-state index contributed by atoms with van der Waals surface area (Å²) in [6.45, 7) is 5.08. The van der Waals surface area contributed by atoms with Gasteiger partial charge in [-0.15, -0.1) is 0 Å². The molecule has 38 heteroatoms. The largest absolute Gasteiger partial charge is 0.496 e. The number of fused-ring (bicyclic) bond motifs is 6. The third-order valence-electron chi connectivity index (χ3n) is 25.2. The monoisotopic (exact) mass is 2020 g/mol. The summed E-state index contributed by atoms with van der Waals surface area (Å²) in [5, 5.41) is 56.3. The topological polar surface area (TPSA) is 577 Å². The van der Waals surface area contributed by atoms with Gasteiger partial charge in [-0.1, -0.05) is 140 Å². The second kappa shape index (κ2) is 50.3. The van der Waals surface area contributed by atoms with Crippen molar-refractivity contribution in [2.45, 2.75) is 64.6 Å². The zero-order chi connectivity index (χ0) is 106. The number of piperidine rings is 1. The van der Waals surface area contributed by atoms with Crippen molar-refractivity contribution in [1.29, 1.82) is 0 Å². The number of hydrogen-bond acceptors (Lipinski definition) is 29. The maximum atomic E-state index is 13.1. The van der Waals surface area contributed by atoms with Crippen molar-refractivity contribution in [3.8, 4) is 51.0 Å². The van der Waals surface area contributed by atoms with Gasteiger partial charge in [0.15, 0.2) is 17.3 Å². The number of methoxy groups -OCH3 is 1. The highest BCUT2D eigenvalue weighted by molar-refractivity contribution is 6.03. The minimum absolute atomic E-state index is 0.171. The fourth-order valence-electron chi connectivity index (χ4n) is 17.3. The molecule has 0 spiro atoms. The number of carbonyl (C=O) groups is 6. The Morgan fingerprint density at radius 3 is 1.43 bits per heavy atom. The molecule has 758 valence electrons. The number of benzene rings is 10. The van der Waals surface area contributed by atoms with Crippen LogP contribution in [0.15, 0.2) is 333 Å². The van der Waals surface area contributed by atoms with Gasteiger partial charge in [-0.2, -0.15) is 0 Å². The van der Waals surface area contributed by atoms with E-state index < -0.39 is 49.1 Å². The number of nitrogens with zero attached hydrogens (tertiary/aromatic N) is 11. The standard InChI is InChI=1S/C25H30N4O3.C21H15N3O3.C18H17N3O3.C18H16N2O3.C15H12N4O4.C15H11N3O3/c1-2-28-13-10-19(11-14-28)21(18-6-4-3-5-7-18)12-15-29-17-26-23-9-8-20(24(30)27-32)16-22(23)25(29)31;25-12-19(26)15-4-5-17-18(11-15)23-20(24-21(17)27)16-3-1-2-14(10-16)13-6-8-22-9-7-13;19-9-14-11-21(10-12-4-2-1-3-5-12)18(23)16-8-13(17(22)20-24)6-7-15(14)16;21-11-16(22)13-7-8-14-15(10-13)19-17(20-18(14)23)9-6-12-4-2-1-3-5-12;1-23-12-4-5-16-7-10(12)13-17-11-6-8(14(20)19-22)2-3-9(11)15(21)18-13;19-8-13(20)9-3-4-11-12(6-9)17-14(18-15(11)21)10-2-1-5-16-7-10/h3-9,16-17,19,21,32H,2,10-15H2,1H3,(H,27,30);1-11,25H,12H2,(H,23,24,27);1-8,11,24H,9-10,19H2,(H,20,22);1-5,7-8,10,21H,6,9,11H2,(H,19,20,23);2-7,22H,1H3,(H,19,20)(H,17,18,21);1-7,19H,8H2,(H,17,18,21). The highest BCUT2D eigenvalue weighted by Gasteiger charge is 2.29. The van der Waals surface area contributed by atoms with Gasteiger partial charge in [-0.05, 0) is 217 Å². The van der Waals surface area contributed by atoms with E-state index in [-0.39, 0.29) is 68.2 Å². The highest BCUT2D eigenvalue weighted by Crippen LogP contribution is 2.37. The molecular weight excluding hydrogens is 1920 g/mol. The fourth-order valence-corrected chi connectivity index (χ4v) is 17.3. The van der Waals surface area contributed by atoms with E-state index in [0.29, 0.717) is 148 Å². The highest BCUT2D eigenvalue weighted by atomic mass is 16.5. The molecule has 1 unspecified atom stereocenters. The number of pyridine rings is 4. The number of carbonyl (C=O) groups excluding carboxylic acids is 6. The molecule has 0 aliphatic carbocycles. The van der Waals surface area contributed by atoms with Gasteiger partial charge in [0.25, 0.3) is 51.1 Å². The predicted molar refractivity (Wildman–Crippen MR) is 563 cm³/mol. The Balaban J connectivity index is 0.000000135. The van der Waals surface area contributed by atoms with Crippen LogP contribution in [0.4, 0.5) is 0 Å². The van der Waals surface area contributed by atoms with Crippen molar-refractivity contribution in [2.24, 2.45) is 11.7 Å². The molecule has 0 bridgehead atoms. The molecule has 1 aliphatic heterocycles. The number of aliphatic hydroxyl groups is 3. The molecule has 15 N–H and O–H groups in total. The quantitative estimate of drug-likeness (QED) is 0.0136. The van der Waals surface area contributed by atoms with Crippen molar-refractivity contribution in [1.82, 2.24) is 90.3 Å². The molecule has 1 aliphatic rings. The zero-order valence-corrected chi connectivity index (χ0v) is 80.9. The van der Waals surface area contributed by atoms with Crippen LogP contribution >= 0.6 is 0 Å². The van der Waals surface area contributed by atoms with E-state index in [2.05, 4.69) is 95.9 Å². The molecule has 10 heterocycles. The number of aryl methyl sites for hydroxylation is 3. The number of aromatic amines is 4. The van der Waals surface area contributed by atoms with Gasteiger partial charge in [0.1, 0.15) is 48.9 Å². The van der Waals surface area contributed by atoms with Crippen LogP contribution in [0.5, 0.6) is 5.75 Å². The summed E-state index contributed by atoms with van der Waals surface area (Å²) in [5.41, 5.74) is 21.0. The normalized spacial score (nSPS) is 11.9. The van der Waals surface area contributed by atoms with Gasteiger partial charge in [-0.3, -0.25) is 92.7 Å². The first-order chi connectivity index (χ1) is 72.9. The SMILES string of the molecule is CCN1CCC(C(CCn2cnc3ccc(C(=O)NO)cc3c2=O)c2ccccc2)CC1.COc1ccncc1-c1nc2cc(C(=O)NO)ccc2c(=O)[nH]1.NCc1cn(Cc2ccccc2)c(=O)c2cc(C(=O)NO)ccc12.O=C(CO)c1ccc2c(=O)[nH]c(-c3cccc(-c4ccncc4)c3)nc2c1.O=C(CO)c1ccc2c(=O)[nH]c(-c3cccnc3)nc2c1.O=C(CO)c1ccc2c(=O)[nH]c(CCc3ccccc3)nc2c1. The van der Waals surface area contributed by atoms with Crippen LogP contribution in [0.25, 0.3) is 111 Å². The van der Waals surface area contributed by atoms with Crippen molar-refractivity contribution in [3.05, 3.63) is 428 Å². The number of nitrogens with two attached hydrogens (primary N) is 1. The van der Waals surface area contributed by atoms with Crippen LogP contribution < -0.4 is 60.3 Å². The summed E-state index contributed by atoms with van der Waals surface area (Å²) in [5.74, 6) is -0.0925. The van der Waals surface area contributed by atoms with E-state index >= 15 is 0 Å². The van der Waals surface area contributed by atoms with Crippen LogP contribution in [0, 0.1) is 5.92 Å². The summed E-state index contributed by atoms with van der Waals surface area (Å²) in [6.07, 6.45) is 17.6. The fraction of sp³-hybridized carbons (Fsp3) is 0.161. The molecule has 10 aromatic carbocycles. The first kappa shape index (κ1) is 106. The third kappa shape index (κ3) is 25.9. The number of ketones is 3. The summed E-state index contributed by atoms with van der Waals surface area (Å²) in [6, 6.07) is 74.2. The van der Waals surface area contributed by atoms with Crippen molar-refractivity contribution >= 4 is 100 Å². The maximum Gasteiger partial charge on any atom is 0.274 e. The molecule has 20 rings (SSSR count). The molecule has 19 aromatic rings. The lowest BCUT2D eigenvalue weighted by Crippen LogP contribution is -2.35. The van der Waals surface area contributed by atoms with Crippen molar-refractivity contribution in [3.63, 3.8) is 0 Å². The number of amides is 3. The van der Waals surface area contributed by atoms with Crippen LogP contribution in [0.3, 0.4) is 0 Å². The lowest BCUT2D eigenvalue weighted by Gasteiger charge is -2.36. The summed E-state index contributed by atoms with van der Waals surface area (Å²) >= 11 is 0. The van der Waals surface area contributed by atoms with Crippen LogP contribution in [0.2, 0.25) is 0 Å². The third-order valence-corrected chi connectivity index (χ3v) is 25.2. The smallest absolute Gasteiger partial charge is 0.274 e. The maximum absolute atomic E-state index is 13.1. The Kier molecular flexibility index (Phi) is 35.5. The molecule has 9 aromatic heterocycles. The molecule has 0 radical (unpaired) electrons. The van der Waals surface area contributed by atoms with Gasteiger partial charge in [0.05, 0.1) is 80.1 Å². The molecule has 3 amide bonds. The molecule has 38 nitrogen and oxygen atoms in total. The van der Waals surface area contributed by atoms with Gasteiger partial charge in [0, 0.05) is 113 Å². The van der Waals surface area contributed by atoms with Crippen molar-refractivity contribution in [2.75, 3.05) is 46.6 Å². The Morgan fingerprint density at radius 1 is 0.427 bits per heavy atom. The molecule has 1 saturated heterocycles. The van der Waals surface area contributed by atoms with E-state index in [1.165, 1.54) is 91.2 Å².